The smallest absolute Gasteiger partial charge is 0.242 e. The second kappa shape index (κ2) is 8.97. The number of rotatable bonds is 5. The zero-order valence-electron chi connectivity index (χ0n) is 17.5. The van der Waals surface area contributed by atoms with Crippen LogP contribution in [0.4, 0.5) is 22.2 Å². The summed E-state index contributed by atoms with van der Waals surface area (Å²) >= 11 is 4.57. The van der Waals surface area contributed by atoms with Gasteiger partial charge in [0.25, 0.3) is 0 Å². The Morgan fingerprint density at radius 1 is 0.938 bits per heavy atom. The SMILES string of the molecule is Cc1cccc(Nc2nnc(SCC(=O)N3c4ccccc4Sc4ccccc43)s2)c1C. The number of carbonyl (C=O) groups excluding carboxylic acids is 1. The predicted molar refractivity (Wildman–Crippen MR) is 134 cm³/mol. The Kier molecular flexibility index (Phi) is 5.91. The highest BCUT2D eigenvalue weighted by atomic mass is 32.2. The number of fused-ring (bicyclic) bond motifs is 2. The number of hydrogen-bond acceptors (Lipinski definition) is 7. The molecule has 0 spiro atoms. The number of benzene rings is 3. The first kappa shape index (κ1) is 21.1. The number of amides is 1. The Morgan fingerprint density at radius 2 is 1.62 bits per heavy atom. The fourth-order valence-corrected chi connectivity index (χ4v) is 6.15. The Labute approximate surface area is 199 Å². The standard InChI is InChI=1S/C24H20N4OS3/c1-15-8-7-9-17(16(15)2)25-23-26-27-24(32-23)30-14-22(29)28-18-10-3-5-12-20(18)31-21-13-6-4-11-19(21)28/h3-13H,14H2,1-2H3,(H,25,26). The molecule has 0 atom stereocenters. The lowest BCUT2D eigenvalue weighted by molar-refractivity contribution is -0.115. The normalized spacial score (nSPS) is 12.2. The van der Waals surface area contributed by atoms with Crippen molar-refractivity contribution >= 4 is 63.0 Å². The van der Waals surface area contributed by atoms with Crippen molar-refractivity contribution < 1.29 is 4.79 Å². The lowest BCUT2D eigenvalue weighted by Gasteiger charge is -2.30. The molecule has 0 aliphatic carbocycles. The molecular formula is C24H20N4OS3. The molecule has 0 fully saturated rings. The summed E-state index contributed by atoms with van der Waals surface area (Å²) in [6.45, 7) is 4.17. The Hall–Kier alpha value is -2.81. The van der Waals surface area contributed by atoms with E-state index in [2.05, 4.69) is 47.6 Å². The quantitative estimate of drug-likeness (QED) is 0.319. The first-order valence-electron chi connectivity index (χ1n) is 10.1. The number of aromatic nitrogens is 2. The van der Waals surface area contributed by atoms with Crippen molar-refractivity contribution in [3.8, 4) is 0 Å². The summed E-state index contributed by atoms with van der Waals surface area (Å²) in [6, 6.07) is 22.2. The molecule has 4 aromatic rings. The van der Waals surface area contributed by atoms with Gasteiger partial charge in [0.15, 0.2) is 4.34 Å². The molecule has 5 nitrogen and oxygen atoms in total. The average molecular weight is 477 g/mol. The van der Waals surface area contributed by atoms with Gasteiger partial charge in [0, 0.05) is 15.5 Å². The van der Waals surface area contributed by atoms with E-state index in [0.717, 1.165) is 36.3 Å². The first-order valence-corrected chi connectivity index (χ1v) is 12.7. The molecule has 8 heteroatoms. The van der Waals surface area contributed by atoms with Gasteiger partial charge in [-0.05, 0) is 55.3 Å². The van der Waals surface area contributed by atoms with Crippen molar-refractivity contribution in [2.24, 2.45) is 0 Å². The molecule has 1 aliphatic rings. The van der Waals surface area contributed by atoms with Gasteiger partial charge in [-0.3, -0.25) is 9.69 Å². The molecule has 32 heavy (non-hydrogen) atoms. The van der Waals surface area contributed by atoms with Gasteiger partial charge in [-0.1, -0.05) is 71.3 Å². The van der Waals surface area contributed by atoms with Gasteiger partial charge in [-0.15, -0.1) is 10.2 Å². The van der Waals surface area contributed by atoms with Crippen LogP contribution >= 0.6 is 34.9 Å². The second-order valence-electron chi connectivity index (χ2n) is 7.30. The Morgan fingerprint density at radius 3 is 2.34 bits per heavy atom. The van der Waals surface area contributed by atoms with Crippen LogP contribution in [0.1, 0.15) is 11.1 Å². The van der Waals surface area contributed by atoms with E-state index in [1.54, 1.807) is 11.8 Å². The minimum absolute atomic E-state index is 0.0226. The van der Waals surface area contributed by atoms with E-state index in [4.69, 9.17) is 0 Å². The number of aryl methyl sites for hydroxylation is 1. The van der Waals surface area contributed by atoms with E-state index in [1.807, 2.05) is 53.4 Å². The van der Waals surface area contributed by atoms with E-state index in [0.29, 0.717) is 0 Å². The van der Waals surface area contributed by atoms with Gasteiger partial charge < -0.3 is 5.32 Å². The lowest BCUT2D eigenvalue weighted by atomic mass is 10.1. The number of nitrogens with zero attached hydrogens (tertiary/aromatic N) is 3. The zero-order chi connectivity index (χ0) is 22.1. The summed E-state index contributed by atoms with van der Waals surface area (Å²) in [6.07, 6.45) is 0. The highest BCUT2D eigenvalue weighted by Crippen LogP contribution is 2.48. The molecule has 1 aromatic heterocycles. The highest BCUT2D eigenvalue weighted by Gasteiger charge is 2.28. The summed E-state index contributed by atoms with van der Waals surface area (Å²) in [7, 11) is 0. The Balaban J connectivity index is 1.32. The van der Waals surface area contributed by atoms with Crippen LogP contribution in [0.3, 0.4) is 0 Å². The molecule has 0 unspecified atom stereocenters. The molecule has 2 heterocycles. The van der Waals surface area contributed by atoms with Crippen molar-refractivity contribution in [2.75, 3.05) is 16.0 Å². The summed E-state index contributed by atoms with van der Waals surface area (Å²) < 4.78 is 0.763. The number of hydrogen-bond donors (Lipinski definition) is 1. The third-order valence-corrected chi connectivity index (χ3v) is 8.34. The largest absolute Gasteiger partial charge is 0.330 e. The number of carbonyl (C=O) groups is 1. The minimum Gasteiger partial charge on any atom is -0.330 e. The van der Waals surface area contributed by atoms with Crippen molar-refractivity contribution in [2.45, 2.75) is 28.0 Å². The fourth-order valence-electron chi connectivity index (χ4n) is 3.48. The van der Waals surface area contributed by atoms with Crippen LogP contribution in [0.25, 0.3) is 0 Å². The van der Waals surface area contributed by atoms with Crippen LogP contribution in [-0.2, 0) is 4.79 Å². The van der Waals surface area contributed by atoms with Gasteiger partial charge in [0.05, 0.1) is 17.1 Å². The molecule has 3 aromatic carbocycles. The van der Waals surface area contributed by atoms with Crippen LogP contribution in [0, 0.1) is 13.8 Å². The molecule has 0 bridgehead atoms. The second-order valence-corrected chi connectivity index (χ2v) is 10.6. The summed E-state index contributed by atoms with van der Waals surface area (Å²) in [4.78, 5) is 17.3. The van der Waals surface area contributed by atoms with Gasteiger partial charge in [-0.2, -0.15) is 0 Å². The van der Waals surface area contributed by atoms with Crippen LogP contribution in [-0.4, -0.2) is 21.9 Å². The summed E-state index contributed by atoms with van der Waals surface area (Å²) in [5.74, 6) is 0.306. The highest BCUT2D eigenvalue weighted by molar-refractivity contribution is 8.01. The average Bonchev–Trinajstić information content (AvgIpc) is 3.26. The van der Waals surface area contributed by atoms with Crippen molar-refractivity contribution in [3.05, 3.63) is 77.9 Å². The van der Waals surface area contributed by atoms with Crippen molar-refractivity contribution in [1.82, 2.24) is 10.2 Å². The zero-order valence-corrected chi connectivity index (χ0v) is 20.0. The van der Waals surface area contributed by atoms with E-state index in [1.165, 1.54) is 34.2 Å². The van der Waals surface area contributed by atoms with E-state index < -0.39 is 0 Å². The number of thioether (sulfide) groups is 1. The maximum absolute atomic E-state index is 13.3. The summed E-state index contributed by atoms with van der Waals surface area (Å²) in [5.41, 5.74) is 5.29. The van der Waals surface area contributed by atoms with Crippen LogP contribution < -0.4 is 10.2 Å². The number of anilines is 4. The maximum Gasteiger partial charge on any atom is 0.242 e. The molecule has 1 amide bonds. The monoisotopic (exact) mass is 476 g/mol. The van der Waals surface area contributed by atoms with Crippen LogP contribution in [0.15, 0.2) is 80.9 Å². The molecule has 5 rings (SSSR count). The van der Waals surface area contributed by atoms with Crippen molar-refractivity contribution in [3.63, 3.8) is 0 Å². The van der Waals surface area contributed by atoms with E-state index in [9.17, 15) is 4.79 Å². The molecule has 0 saturated heterocycles. The lowest BCUT2D eigenvalue weighted by Crippen LogP contribution is -2.29. The molecule has 1 aliphatic heterocycles. The third-order valence-electron chi connectivity index (χ3n) is 5.25. The van der Waals surface area contributed by atoms with Crippen molar-refractivity contribution in [1.29, 1.82) is 0 Å². The van der Waals surface area contributed by atoms with Gasteiger partial charge in [-0.25, -0.2) is 0 Å². The fraction of sp³-hybridized carbons (Fsp3) is 0.125. The van der Waals surface area contributed by atoms with E-state index in [-0.39, 0.29) is 11.7 Å². The third kappa shape index (κ3) is 4.13. The predicted octanol–water partition coefficient (Wildman–Crippen LogP) is 6.82. The van der Waals surface area contributed by atoms with Gasteiger partial charge in [0.2, 0.25) is 11.0 Å². The number of para-hydroxylation sites is 2. The van der Waals surface area contributed by atoms with E-state index >= 15 is 0 Å². The molecule has 1 N–H and O–H groups in total. The topological polar surface area (TPSA) is 58.1 Å². The molecular weight excluding hydrogens is 456 g/mol. The van der Waals surface area contributed by atoms with Gasteiger partial charge in [0.1, 0.15) is 0 Å². The number of nitrogens with one attached hydrogen (secondary N) is 1. The van der Waals surface area contributed by atoms with Crippen LogP contribution in [0.2, 0.25) is 0 Å². The molecule has 0 radical (unpaired) electrons. The Bertz CT molecular complexity index is 1260. The van der Waals surface area contributed by atoms with Gasteiger partial charge >= 0.3 is 0 Å². The molecule has 160 valence electrons. The first-order chi connectivity index (χ1) is 15.6. The maximum atomic E-state index is 13.3. The van der Waals surface area contributed by atoms with Crippen LogP contribution in [0.5, 0.6) is 0 Å². The summed E-state index contributed by atoms with van der Waals surface area (Å²) in [5, 5.41) is 12.6. The minimum atomic E-state index is 0.0226. The molecule has 0 saturated carbocycles.